The molecule has 1 aromatic heterocycles. The number of amides is 1. The second kappa shape index (κ2) is 9.94. The molecule has 0 aliphatic carbocycles. The molecule has 0 unspecified atom stereocenters. The highest BCUT2D eigenvalue weighted by Crippen LogP contribution is 2.23. The first-order valence-corrected chi connectivity index (χ1v) is 10.3. The zero-order valence-corrected chi connectivity index (χ0v) is 17.7. The maximum atomic E-state index is 13.9. The van der Waals surface area contributed by atoms with Gasteiger partial charge in [0.2, 0.25) is 5.91 Å². The molecule has 2 aromatic rings. The van der Waals surface area contributed by atoms with Crippen molar-refractivity contribution in [3.8, 4) is 0 Å². The van der Waals surface area contributed by atoms with Crippen LogP contribution in [-0.2, 0) is 29.3 Å². The van der Waals surface area contributed by atoms with Crippen LogP contribution in [0.1, 0.15) is 32.8 Å². The summed E-state index contributed by atoms with van der Waals surface area (Å²) in [6.07, 6.45) is 0.731. The topological polar surface area (TPSA) is 85.5 Å². The molecular weight excluding hydrogens is 391 g/mol. The van der Waals surface area contributed by atoms with Crippen LogP contribution in [0.2, 0.25) is 0 Å². The van der Waals surface area contributed by atoms with E-state index < -0.39 is 0 Å². The molecule has 164 valence electrons. The van der Waals surface area contributed by atoms with E-state index in [1.54, 1.807) is 18.2 Å². The summed E-state index contributed by atoms with van der Waals surface area (Å²) in [7, 11) is 0. The third kappa shape index (κ3) is 5.11. The van der Waals surface area contributed by atoms with Crippen LogP contribution in [-0.4, -0.2) is 61.3 Å². The predicted octanol–water partition coefficient (Wildman–Crippen LogP) is 1.29. The first-order chi connectivity index (χ1) is 14.4. The fourth-order valence-electron chi connectivity index (χ4n) is 3.83. The second-order valence-corrected chi connectivity index (χ2v) is 7.64. The first-order valence-electron chi connectivity index (χ1n) is 10.3. The standard InChI is InChI=1S/C20H29FN6O3/c1-4-25-20(29)26(23-22-25)12-11-24-10-9-19(15(2)13-24)27(16(3)28)30-14-17-7-5-6-8-18(17)21/h5-8,15,19H,4,9-14H2,1-3H3/t15-,19+/m0/s1. The van der Waals surface area contributed by atoms with Gasteiger partial charge in [-0.05, 0) is 35.8 Å². The Morgan fingerprint density at radius 2 is 2.00 bits per heavy atom. The molecule has 2 atom stereocenters. The lowest BCUT2D eigenvalue weighted by molar-refractivity contribution is -0.215. The van der Waals surface area contributed by atoms with Crippen LogP contribution in [0.3, 0.4) is 0 Å². The van der Waals surface area contributed by atoms with Crippen molar-refractivity contribution in [2.24, 2.45) is 5.92 Å². The molecule has 0 bridgehead atoms. The Morgan fingerprint density at radius 3 is 2.63 bits per heavy atom. The number of tetrazole rings is 1. The SMILES string of the molecule is CCn1nnn(CCN2CC[C@@H](N(OCc3ccccc3F)C(C)=O)[C@@H](C)C2)c1=O. The third-order valence-corrected chi connectivity index (χ3v) is 5.50. The van der Waals surface area contributed by atoms with Gasteiger partial charge in [0, 0.05) is 38.7 Å². The van der Waals surface area contributed by atoms with Gasteiger partial charge in [0.25, 0.3) is 0 Å². The van der Waals surface area contributed by atoms with Crippen LogP contribution in [0, 0.1) is 11.7 Å². The number of halogens is 1. The van der Waals surface area contributed by atoms with E-state index in [2.05, 4.69) is 22.3 Å². The molecule has 1 saturated heterocycles. The normalized spacial score (nSPS) is 19.7. The Labute approximate surface area is 174 Å². The highest BCUT2D eigenvalue weighted by molar-refractivity contribution is 5.72. The second-order valence-electron chi connectivity index (χ2n) is 7.64. The van der Waals surface area contributed by atoms with Crippen LogP contribution in [0.5, 0.6) is 0 Å². The first kappa shape index (κ1) is 22.1. The number of aryl methyl sites for hydroxylation is 1. The minimum absolute atomic E-state index is 0.00912. The Kier molecular flexibility index (Phi) is 7.33. The van der Waals surface area contributed by atoms with Crippen molar-refractivity contribution >= 4 is 5.91 Å². The fraction of sp³-hybridized carbons (Fsp3) is 0.600. The van der Waals surface area contributed by atoms with Crippen molar-refractivity contribution in [1.29, 1.82) is 0 Å². The zero-order valence-electron chi connectivity index (χ0n) is 17.7. The van der Waals surface area contributed by atoms with Gasteiger partial charge >= 0.3 is 5.69 Å². The lowest BCUT2D eigenvalue weighted by Crippen LogP contribution is -2.52. The van der Waals surface area contributed by atoms with E-state index >= 15 is 0 Å². The van der Waals surface area contributed by atoms with Crippen LogP contribution < -0.4 is 5.69 Å². The number of benzene rings is 1. The van der Waals surface area contributed by atoms with Gasteiger partial charge in [-0.2, -0.15) is 9.36 Å². The van der Waals surface area contributed by atoms with Crippen LogP contribution in [0.15, 0.2) is 29.1 Å². The summed E-state index contributed by atoms with van der Waals surface area (Å²) in [5.74, 6) is -0.384. The lowest BCUT2D eigenvalue weighted by Gasteiger charge is -2.41. The molecule has 0 radical (unpaired) electrons. The highest BCUT2D eigenvalue weighted by Gasteiger charge is 2.33. The Hall–Kier alpha value is -2.59. The van der Waals surface area contributed by atoms with Crippen molar-refractivity contribution in [2.45, 2.75) is 52.9 Å². The number of piperidine rings is 1. The molecule has 1 aliphatic rings. The van der Waals surface area contributed by atoms with Crippen molar-refractivity contribution < 1.29 is 14.0 Å². The van der Waals surface area contributed by atoms with Crippen LogP contribution in [0.4, 0.5) is 4.39 Å². The molecule has 0 saturated carbocycles. The average Bonchev–Trinajstić information content (AvgIpc) is 3.08. The summed E-state index contributed by atoms with van der Waals surface area (Å²) in [4.78, 5) is 32.2. The van der Waals surface area contributed by atoms with E-state index in [-0.39, 0.29) is 36.0 Å². The molecule has 3 rings (SSSR count). The molecule has 2 heterocycles. The number of aromatic nitrogens is 4. The molecule has 10 heteroatoms. The molecule has 30 heavy (non-hydrogen) atoms. The lowest BCUT2D eigenvalue weighted by atomic mass is 9.93. The van der Waals surface area contributed by atoms with Crippen LogP contribution in [0.25, 0.3) is 0 Å². The van der Waals surface area contributed by atoms with Crippen molar-refractivity contribution in [2.75, 3.05) is 19.6 Å². The van der Waals surface area contributed by atoms with E-state index in [0.29, 0.717) is 25.2 Å². The van der Waals surface area contributed by atoms with Gasteiger partial charge in [-0.15, -0.1) is 0 Å². The Morgan fingerprint density at radius 1 is 1.27 bits per heavy atom. The number of hydrogen-bond donors (Lipinski definition) is 0. The fourth-order valence-corrected chi connectivity index (χ4v) is 3.83. The number of carbonyl (C=O) groups is 1. The number of hydroxylamine groups is 2. The molecule has 1 aliphatic heterocycles. The number of hydrogen-bond acceptors (Lipinski definition) is 6. The van der Waals surface area contributed by atoms with Gasteiger partial charge < -0.3 is 4.90 Å². The third-order valence-electron chi connectivity index (χ3n) is 5.50. The van der Waals surface area contributed by atoms with E-state index in [4.69, 9.17) is 4.84 Å². The minimum atomic E-state index is -0.348. The number of nitrogens with zero attached hydrogens (tertiary/aromatic N) is 6. The molecule has 9 nitrogen and oxygen atoms in total. The summed E-state index contributed by atoms with van der Waals surface area (Å²) < 4.78 is 16.6. The maximum absolute atomic E-state index is 13.9. The molecular formula is C20H29FN6O3. The minimum Gasteiger partial charge on any atom is -0.301 e. The van der Waals surface area contributed by atoms with Gasteiger partial charge in [-0.3, -0.25) is 9.63 Å². The van der Waals surface area contributed by atoms with Gasteiger partial charge in [0.05, 0.1) is 12.6 Å². The number of likely N-dealkylation sites (tertiary alicyclic amines) is 1. The van der Waals surface area contributed by atoms with E-state index in [1.807, 2.05) is 6.92 Å². The largest absolute Gasteiger partial charge is 0.363 e. The van der Waals surface area contributed by atoms with E-state index in [0.717, 1.165) is 19.5 Å². The average molecular weight is 420 g/mol. The summed E-state index contributed by atoms with van der Waals surface area (Å²) in [5, 5.41) is 9.13. The molecule has 0 spiro atoms. The van der Waals surface area contributed by atoms with Gasteiger partial charge in [-0.1, -0.05) is 25.1 Å². The smallest absolute Gasteiger partial charge is 0.301 e. The van der Waals surface area contributed by atoms with E-state index in [9.17, 15) is 14.0 Å². The summed E-state index contributed by atoms with van der Waals surface area (Å²) in [6, 6.07) is 6.30. The number of carbonyl (C=O) groups excluding carboxylic acids is 1. The van der Waals surface area contributed by atoms with Crippen LogP contribution >= 0.6 is 0 Å². The molecule has 1 aromatic carbocycles. The monoisotopic (exact) mass is 420 g/mol. The molecule has 1 amide bonds. The zero-order chi connectivity index (χ0) is 21.7. The Bertz CT molecular complexity index is 914. The summed E-state index contributed by atoms with van der Waals surface area (Å²) in [6.45, 7) is 8.55. The summed E-state index contributed by atoms with van der Waals surface area (Å²) in [5.41, 5.74) is 0.212. The van der Waals surface area contributed by atoms with Gasteiger partial charge in [0.15, 0.2) is 0 Å². The van der Waals surface area contributed by atoms with Crippen molar-refractivity contribution in [3.63, 3.8) is 0 Å². The quantitative estimate of drug-likeness (QED) is 0.599. The maximum Gasteiger partial charge on any atom is 0.363 e. The highest BCUT2D eigenvalue weighted by atomic mass is 19.1. The number of rotatable bonds is 8. The van der Waals surface area contributed by atoms with Gasteiger partial charge in [-0.25, -0.2) is 14.2 Å². The molecule has 1 fully saturated rings. The molecule has 0 N–H and O–H groups in total. The Balaban J connectivity index is 1.55. The van der Waals surface area contributed by atoms with Gasteiger partial charge in [0.1, 0.15) is 12.4 Å². The predicted molar refractivity (Wildman–Crippen MR) is 108 cm³/mol. The van der Waals surface area contributed by atoms with E-state index in [1.165, 1.54) is 27.4 Å². The summed E-state index contributed by atoms with van der Waals surface area (Å²) >= 11 is 0. The van der Waals surface area contributed by atoms with Crippen molar-refractivity contribution in [1.82, 2.24) is 29.8 Å². The van der Waals surface area contributed by atoms with Crippen molar-refractivity contribution in [3.05, 3.63) is 46.1 Å².